The molecule has 0 spiro atoms. The molecule has 1 saturated heterocycles. The van der Waals surface area contributed by atoms with E-state index in [1.54, 1.807) is 0 Å². The number of nitrogens with one attached hydrogen (secondary N) is 1. The number of carbonyl (C=O) groups excluding carboxylic acids is 2. The number of urea groups is 1. The van der Waals surface area contributed by atoms with E-state index in [4.69, 9.17) is 5.26 Å². The van der Waals surface area contributed by atoms with Crippen LogP contribution in [-0.2, 0) is 10.3 Å². The summed E-state index contributed by atoms with van der Waals surface area (Å²) < 4.78 is 0. The molecule has 1 aliphatic heterocycles. The van der Waals surface area contributed by atoms with Crippen molar-refractivity contribution in [3.05, 3.63) is 65.7 Å². The first-order valence-electron chi connectivity index (χ1n) is 9.46. The topological polar surface area (TPSA) is 88.8 Å². The van der Waals surface area contributed by atoms with Crippen molar-refractivity contribution in [1.29, 1.82) is 5.26 Å². The van der Waals surface area contributed by atoms with E-state index in [-0.39, 0.29) is 5.91 Å². The van der Waals surface area contributed by atoms with Gasteiger partial charge in [-0.2, -0.15) is 10.4 Å². The number of hydrogen-bond donors (Lipinski definition) is 1. The van der Waals surface area contributed by atoms with Crippen molar-refractivity contribution in [2.75, 3.05) is 18.5 Å². The van der Waals surface area contributed by atoms with E-state index in [2.05, 4.69) is 16.5 Å². The minimum absolute atomic E-state index is 0.389. The van der Waals surface area contributed by atoms with Gasteiger partial charge in [0, 0.05) is 19.3 Å². The minimum atomic E-state index is -1.09. The Balaban J connectivity index is 1.76. The molecule has 29 heavy (non-hydrogen) atoms. The Morgan fingerprint density at radius 1 is 1.17 bits per heavy atom. The summed E-state index contributed by atoms with van der Waals surface area (Å²) in [5, 5.41) is 16.5. The van der Waals surface area contributed by atoms with Crippen LogP contribution in [0.25, 0.3) is 0 Å². The number of imide groups is 1. The fraction of sp³-hybridized carbons (Fsp3) is 0.273. The molecule has 0 saturated carbocycles. The predicted octanol–water partition coefficient (Wildman–Crippen LogP) is 3.23. The molecule has 1 heterocycles. The molecule has 148 valence electrons. The Bertz CT molecular complexity index is 949. The van der Waals surface area contributed by atoms with Crippen LogP contribution in [-0.4, -0.2) is 36.8 Å². The molecule has 0 aliphatic carbocycles. The van der Waals surface area contributed by atoms with Gasteiger partial charge in [-0.15, -0.1) is 5.01 Å². The second-order valence-electron chi connectivity index (χ2n) is 6.84. The van der Waals surface area contributed by atoms with Gasteiger partial charge in [0.05, 0.1) is 18.7 Å². The average molecular weight is 389 g/mol. The maximum Gasteiger partial charge on any atom is 0.346 e. The van der Waals surface area contributed by atoms with Gasteiger partial charge in [0.25, 0.3) is 5.91 Å². The molecule has 1 fully saturated rings. The molecule has 0 bridgehead atoms. The largest absolute Gasteiger partial charge is 0.374 e. The molecule has 1 N–H and O–H groups in total. The van der Waals surface area contributed by atoms with Gasteiger partial charge in [-0.05, 0) is 29.7 Å². The third kappa shape index (κ3) is 3.97. The van der Waals surface area contributed by atoms with Crippen molar-refractivity contribution < 1.29 is 9.59 Å². The first kappa shape index (κ1) is 20.1. The molecule has 1 aliphatic rings. The normalized spacial score (nSPS) is 18.7. The quantitative estimate of drug-likeness (QED) is 0.582. The number of rotatable bonds is 7. The first-order valence-corrected chi connectivity index (χ1v) is 9.46. The molecule has 0 unspecified atom stereocenters. The van der Waals surface area contributed by atoms with Gasteiger partial charge in [-0.1, -0.05) is 49.4 Å². The fourth-order valence-corrected chi connectivity index (χ4v) is 3.31. The van der Waals surface area contributed by atoms with Crippen LogP contribution in [0.4, 0.5) is 10.5 Å². The van der Waals surface area contributed by atoms with Crippen LogP contribution in [0.5, 0.6) is 0 Å². The predicted molar refractivity (Wildman–Crippen MR) is 111 cm³/mol. The number of anilines is 1. The average Bonchev–Trinajstić information content (AvgIpc) is 3.01. The Morgan fingerprint density at radius 2 is 1.86 bits per heavy atom. The highest BCUT2D eigenvalue weighted by molar-refractivity contribution is 6.07. The van der Waals surface area contributed by atoms with Gasteiger partial charge in [-0.3, -0.25) is 4.79 Å². The summed E-state index contributed by atoms with van der Waals surface area (Å²) in [6.07, 6.45) is 2.37. The number of nitrogens with zero attached hydrogens (tertiary/aromatic N) is 4. The zero-order chi connectivity index (χ0) is 20.9. The number of carbonyl (C=O) groups is 2. The molecule has 7 heteroatoms. The van der Waals surface area contributed by atoms with E-state index in [1.807, 2.05) is 73.5 Å². The monoisotopic (exact) mass is 389 g/mol. The molecule has 0 aromatic heterocycles. The Labute approximate surface area is 170 Å². The van der Waals surface area contributed by atoms with Crippen LogP contribution < -0.4 is 10.2 Å². The van der Waals surface area contributed by atoms with Crippen molar-refractivity contribution in [2.45, 2.75) is 25.3 Å². The molecule has 1 atom stereocenters. The zero-order valence-corrected chi connectivity index (χ0v) is 16.5. The Kier molecular flexibility index (Phi) is 5.93. The number of amides is 3. The van der Waals surface area contributed by atoms with Gasteiger partial charge < -0.3 is 10.2 Å². The maximum atomic E-state index is 13.0. The maximum absolute atomic E-state index is 13.0. The fourth-order valence-electron chi connectivity index (χ4n) is 3.31. The van der Waals surface area contributed by atoms with E-state index >= 15 is 0 Å². The third-order valence-corrected chi connectivity index (χ3v) is 5.08. The molecule has 2 aromatic rings. The van der Waals surface area contributed by atoms with Crippen molar-refractivity contribution >= 4 is 23.8 Å². The second-order valence-corrected chi connectivity index (χ2v) is 6.84. The lowest BCUT2D eigenvalue weighted by atomic mass is 9.87. The van der Waals surface area contributed by atoms with Gasteiger partial charge in [0.1, 0.15) is 5.54 Å². The van der Waals surface area contributed by atoms with Crippen molar-refractivity contribution in [2.24, 2.45) is 5.10 Å². The Hall–Kier alpha value is -3.66. The summed E-state index contributed by atoms with van der Waals surface area (Å²) in [5.74, 6) is -0.389. The molecule has 3 rings (SSSR count). The minimum Gasteiger partial charge on any atom is -0.374 e. The highest BCUT2D eigenvalue weighted by atomic mass is 16.2. The van der Waals surface area contributed by atoms with Crippen LogP contribution in [0.15, 0.2) is 59.7 Å². The van der Waals surface area contributed by atoms with Gasteiger partial charge in [-0.25, -0.2) is 4.79 Å². The third-order valence-electron chi connectivity index (χ3n) is 5.08. The summed E-state index contributed by atoms with van der Waals surface area (Å²) >= 11 is 0. The molecule has 2 aromatic carbocycles. The molecule has 0 radical (unpaired) electrons. The molecule has 7 nitrogen and oxygen atoms in total. The smallest absolute Gasteiger partial charge is 0.346 e. The summed E-state index contributed by atoms with van der Waals surface area (Å²) in [6.45, 7) is 2.50. The van der Waals surface area contributed by atoms with Crippen molar-refractivity contribution in [1.82, 2.24) is 10.3 Å². The lowest BCUT2D eigenvalue weighted by Crippen LogP contribution is -2.43. The zero-order valence-electron chi connectivity index (χ0n) is 16.5. The Morgan fingerprint density at radius 3 is 2.48 bits per heavy atom. The van der Waals surface area contributed by atoms with Gasteiger partial charge in [0.2, 0.25) is 0 Å². The van der Waals surface area contributed by atoms with E-state index in [0.717, 1.165) is 21.8 Å². The van der Waals surface area contributed by atoms with Crippen LogP contribution in [0, 0.1) is 11.3 Å². The standard InChI is InChI=1S/C22H23N5O2/c1-3-22(18-8-5-4-6-9-18)20(28)27(21(29)25-22)24-16-17-10-12-19(13-11-17)26(2)15-7-14-23/h4-6,8-13,16H,3,7,15H2,1-2H3,(H,25,29)/b24-16-/t22-/m0/s1. The van der Waals surface area contributed by atoms with Crippen LogP contribution in [0.2, 0.25) is 0 Å². The van der Waals surface area contributed by atoms with Crippen LogP contribution in [0.1, 0.15) is 30.9 Å². The van der Waals surface area contributed by atoms with Crippen LogP contribution >= 0.6 is 0 Å². The van der Waals surface area contributed by atoms with E-state index < -0.39 is 11.6 Å². The highest BCUT2D eigenvalue weighted by Crippen LogP contribution is 2.32. The lowest BCUT2D eigenvalue weighted by molar-refractivity contribution is -0.131. The SMILES string of the molecule is CC[C@@]1(c2ccccc2)NC(=O)N(/N=C\c2ccc(N(C)CCC#N)cc2)C1=O. The number of hydrazone groups is 1. The number of nitriles is 1. The molecule has 3 amide bonds. The van der Waals surface area contributed by atoms with Gasteiger partial charge in [0.15, 0.2) is 0 Å². The molecular weight excluding hydrogens is 366 g/mol. The second kappa shape index (κ2) is 8.57. The summed E-state index contributed by atoms with van der Waals surface area (Å²) in [6, 6.07) is 18.3. The van der Waals surface area contributed by atoms with E-state index in [0.29, 0.717) is 19.4 Å². The number of benzene rings is 2. The highest BCUT2D eigenvalue weighted by Gasteiger charge is 2.51. The first-order chi connectivity index (χ1) is 14.0. The summed E-state index contributed by atoms with van der Waals surface area (Å²) in [7, 11) is 1.92. The van der Waals surface area contributed by atoms with Crippen molar-refractivity contribution in [3.63, 3.8) is 0 Å². The van der Waals surface area contributed by atoms with E-state index in [9.17, 15) is 9.59 Å². The summed E-state index contributed by atoms with van der Waals surface area (Å²) in [5.41, 5.74) is 1.38. The van der Waals surface area contributed by atoms with Gasteiger partial charge >= 0.3 is 6.03 Å². The van der Waals surface area contributed by atoms with Crippen molar-refractivity contribution in [3.8, 4) is 6.07 Å². The van der Waals surface area contributed by atoms with Crippen LogP contribution in [0.3, 0.4) is 0 Å². The lowest BCUT2D eigenvalue weighted by Gasteiger charge is -2.24. The molecular formula is C22H23N5O2. The summed E-state index contributed by atoms with van der Waals surface area (Å²) in [4.78, 5) is 27.5. The van der Waals surface area contributed by atoms with E-state index in [1.165, 1.54) is 6.21 Å². The number of hydrogen-bond acceptors (Lipinski definition) is 5.